The molecule has 15 heteroatoms. The van der Waals surface area contributed by atoms with Gasteiger partial charge in [0.05, 0.1) is 42.3 Å². The van der Waals surface area contributed by atoms with Crippen molar-refractivity contribution in [1.29, 1.82) is 0 Å². The maximum absolute atomic E-state index is 14.3. The number of aliphatic hydroxyl groups excluding tert-OH is 1. The maximum Gasteiger partial charge on any atom is 0.416 e. The number of amides is 1. The Hall–Kier alpha value is -3.66. The predicted octanol–water partition coefficient (Wildman–Crippen LogP) is 5.17. The van der Waals surface area contributed by atoms with Crippen molar-refractivity contribution < 1.29 is 41.0 Å². The van der Waals surface area contributed by atoms with Crippen molar-refractivity contribution in [2.24, 2.45) is 13.0 Å². The number of hydrogen-bond donors (Lipinski definition) is 2. The van der Waals surface area contributed by atoms with E-state index in [2.05, 4.69) is 9.71 Å². The van der Waals surface area contributed by atoms with Crippen LogP contribution in [0.15, 0.2) is 60.0 Å². The van der Waals surface area contributed by atoms with Gasteiger partial charge in [0.2, 0.25) is 0 Å². The summed E-state index contributed by atoms with van der Waals surface area (Å²) in [5.74, 6) is -0.393. The van der Waals surface area contributed by atoms with E-state index in [1.165, 1.54) is 46.3 Å². The van der Waals surface area contributed by atoms with Crippen molar-refractivity contribution in [1.82, 2.24) is 19.4 Å². The Morgan fingerprint density at radius 1 is 1.14 bits per heavy atom. The monoisotopic (exact) mass is 709 g/mol. The van der Waals surface area contributed by atoms with Gasteiger partial charge in [-0.05, 0) is 76.1 Å². The Labute approximate surface area is 286 Å². The lowest BCUT2D eigenvalue weighted by atomic mass is 10.0. The summed E-state index contributed by atoms with van der Waals surface area (Å²) in [5, 5.41) is 10.0. The molecule has 0 aliphatic carbocycles. The van der Waals surface area contributed by atoms with Gasteiger partial charge in [-0.3, -0.25) is 14.4 Å². The van der Waals surface area contributed by atoms with E-state index in [0.29, 0.717) is 31.9 Å². The number of carbonyl (C=O) groups is 1. The largest absolute Gasteiger partial charge is 0.490 e. The summed E-state index contributed by atoms with van der Waals surface area (Å²) in [6.07, 6.45) is -0.0614. The van der Waals surface area contributed by atoms with E-state index in [4.69, 9.17) is 9.47 Å². The average molecular weight is 710 g/mol. The minimum Gasteiger partial charge on any atom is -0.490 e. The Balaban J connectivity index is 1.60. The summed E-state index contributed by atoms with van der Waals surface area (Å²) in [4.78, 5) is 21.8. The number of fused-ring (bicyclic) bond motifs is 1. The van der Waals surface area contributed by atoms with E-state index in [1.807, 2.05) is 25.8 Å². The Kier molecular flexibility index (Phi) is 12.7. The van der Waals surface area contributed by atoms with Crippen molar-refractivity contribution in [3.63, 3.8) is 0 Å². The van der Waals surface area contributed by atoms with E-state index in [9.17, 15) is 31.5 Å². The molecule has 2 heterocycles. The summed E-state index contributed by atoms with van der Waals surface area (Å²) in [6.45, 7) is 6.73. The number of hydrogen-bond acceptors (Lipinski definition) is 8. The third-order valence-corrected chi connectivity index (χ3v) is 9.75. The van der Waals surface area contributed by atoms with Crippen LogP contribution in [0.2, 0.25) is 0 Å². The van der Waals surface area contributed by atoms with Crippen LogP contribution in [-0.4, -0.2) is 90.4 Å². The minimum atomic E-state index is -4.41. The van der Waals surface area contributed by atoms with Crippen LogP contribution in [0.5, 0.6) is 5.75 Å². The first-order chi connectivity index (χ1) is 23.1. The molecule has 4 atom stereocenters. The molecular formula is C34H46F3N5O6S. The lowest BCUT2D eigenvalue weighted by molar-refractivity contribution is -0.137. The number of alkyl halides is 3. The molecule has 0 saturated carbocycles. The molecule has 0 bridgehead atoms. The van der Waals surface area contributed by atoms with Gasteiger partial charge in [0, 0.05) is 51.1 Å². The number of aryl methyl sites for hydroxylation is 1. The molecule has 270 valence electrons. The predicted molar refractivity (Wildman–Crippen MR) is 179 cm³/mol. The fourth-order valence-electron chi connectivity index (χ4n) is 5.67. The van der Waals surface area contributed by atoms with Crippen molar-refractivity contribution in [2.75, 3.05) is 38.1 Å². The van der Waals surface area contributed by atoms with Gasteiger partial charge in [0.1, 0.15) is 5.75 Å². The van der Waals surface area contributed by atoms with Crippen LogP contribution < -0.4 is 9.46 Å². The fraction of sp³-hybridized carbons (Fsp3) is 0.529. The van der Waals surface area contributed by atoms with Crippen LogP contribution in [0.3, 0.4) is 0 Å². The molecule has 49 heavy (non-hydrogen) atoms. The summed E-state index contributed by atoms with van der Waals surface area (Å²) < 4.78 is 81.9. The molecule has 4 rings (SSSR count). The average Bonchev–Trinajstić information content (AvgIpc) is 3.49. The Bertz CT molecular complexity index is 1650. The van der Waals surface area contributed by atoms with Crippen LogP contribution in [0.4, 0.5) is 18.9 Å². The summed E-state index contributed by atoms with van der Waals surface area (Å²) in [6, 6.07) is 9.00. The van der Waals surface area contributed by atoms with E-state index in [1.54, 1.807) is 20.0 Å². The summed E-state index contributed by atoms with van der Waals surface area (Å²) in [7, 11) is -0.534. The third kappa shape index (κ3) is 10.4. The molecule has 1 aromatic heterocycles. The topological polar surface area (TPSA) is 126 Å². The fourth-order valence-corrected chi connectivity index (χ4v) is 6.70. The number of nitrogens with one attached hydrogen (secondary N) is 1. The number of likely N-dealkylation sites (N-methyl/N-ethyl adjacent to an activating group) is 1. The maximum atomic E-state index is 14.3. The molecule has 2 N–H and O–H groups in total. The third-order valence-electron chi connectivity index (χ3n) is 8.49. The molecule has 11 nitrogen and oxygen atoms in total. The van der Waals surface area contributed by atoms with E-state index < -0.39 is 33.7 Å². The number of aromatic nitrogens is 2. The van der Waals surface area contributed by atoms with Crippen LogP contribution in [0.25, 0.3) is 0 Å². The molecular weight excluding hydrogens is 663 g/mol. The molecule has 2 aromatic carbocycles. The van der Waals surface area contributed by atoms with Crippen LogP contribution in [0, 0.1) is 5.92 Å². The lowest BCUT2D eigenvalue weighted by Gasteiger charge is -2.36. The first kappa shape index (κ1) is 38.1. The number of aliphatic hydroxyl groups is 1. The van der Waals surface area contributed by atoms with Crippen LogP contribution >= 0.6 is 0 Å². The molecule has 1 aliphatic heterocycles. The number of benzene rings is 2. The van der Waals surface area contributed by atoms with Crippen molar-refractivity contribution in [3.8, 4) is 5.75 Å². The quantitative estimate of drug-likeness (QED) is 0.312. The van der Waals surface area contributed by atoms with Crippen molar-refractivity contribution in [2.45, 2.75) is 76.0 Å². The summed E-state index contributed by atoms with van der Waals surface area (Å²) in [5.41, 5.74) is 0.291. The zero-order chi connectivity index (χ0) is 35.9. The van der Waals surface area contributed by atoms with Gasteiger partial charge in [-0.2, -0.15) is 21.6 Å². The van der Waals surface area contributed by atoms with Gasteiger partial charge in [-0.25, -0.2) is 4.98 Å². The van der Waals surface area contributed by atoms with Crippen molar-refractivity contribution in [3.05, 3.63) is 71.7 Å². The first-order valence-electron chi connectivity index (χ1n) is 16.3. The van der Waals surface area contributed by atoms with Gasteiger partial charge in [-0.1, -0.05) is 19.1 Å². The van der Waals surface area contributed by atoms with E-state index in [-0.39, 0.29) is 47.6 Å². The molecule has 0 unspecified atom stereocenters. The first-order valence-corrected chi connectivity index (χ1v) is 17.7. The molecule has 0 radical (unpaired) electrons. The lowest BCUT2D eigenvalue weighted by Crippen LogP contribution is -2.47. The molecule has 0 spiro atoms. The van der Waals surface area contributed by atoms with E-state index in [0.717, 1.165) is 30.5 Å². The highest BCUT2D eigenvalue weighted by Gasteiger charge is 2.32. The van der Waals surface area contributed by atoms with Gasteiger partial charge in [-0.15, -0.1) is 0 Å². The van der Waals surface area contributed by atoms with Crippen molar-refractivity contribution >= 4 is 21.6 Å². The highest BCUT2D eigenvalue weighted by atomic mass is 32.2. The SMILES string of the molecule is C[C@H]1CCCCO[C@@H](CN(C)Cc2ccc(C(F)(F)F)cc2)[C@@H](C)CN([C@@H](C)CO)C(=O)c2cc(NS(=O)(=O)c3cn(C)cn3)ccc2O1. The van der Waals surface area contributed by atoms with Crippen LogP contribution in [-0.2, 0) is 34.5 Å². The summed E-state index contributed by atoms with van der Waals surface area (Å²) >= 11 is 0. The molecule has 0 saturated heterocycles. The number of sulfonamides is 1. The molecule has 1 amide bonds. The van der Waals surface area contributed by atoms with Crippen LogP contribution in [0.1, 0.15) is 61.5 Å². The highest BCUT2D eigenvalue weighted by Crippen LogP contribution is 2.31. The standard InChI is InChI=1S/C34H46F3N5O6S/c1-23-17-42(24(2)21-43)33(44)29-16-28(39-49(45,46)32-20-41(5)22-38-32)13-14-30(29)48-25(3)8-6-7-15-47-31(23)19-40(4)18-26-9-11-27(12-10-26)34(35,36)37/h9-14,16,20,22-25,31,39,43H,6-8,15,17-19,21H2,1-5H3/t23-,24-,25-,31-/m0/s1. The smallest absolute Gasteiger partial charge is 0.416 e. The van der Waals surface area contributed by atoms with Gasteiger partial charge >= 0.3 is 6.18 Å². The Morgan fingerprint density at radius 3 is 2.49 bits per heavy atom. The second kappa shape index (κ2) is 16.4. The second-order valence-electron chi connectivity index (χ2n) is 12.9. The number of rotatable bonds is 9. The zero-order valence-electron chi connectivity index (χ0n) is 28.5. The molecule has 1 aliphatic rings. The number of ether oxygens (including phenoxy) is 2. The van der Waals surface area contributed by atoms with Gasteiger partial charge < -0.3 is 24.0 Å². The number of carbonyl (C=O) groups excluding carboxylic acids is 1. The van der Waals surface area contributed by atoms with Gasteiger partial charge in [0.15, 0.2) is 5.03 Å². The number of anilines is 1. The molecule has 0 fully saturated rings. The number of nitrogens with zero attached hydrogens (tertiary/aromatic N) is 4. The minimum absolute atomic E-state index is 0.134. The Morgan fingerprint density at radius 2 is 1.86 bits per heavy atom. The number of halogens is 3. The second-order valence-corrected chi connectivity index (χ2v) is 14.5. The van der Waals surface area contributed by atoms with Gasteiger partial charge in [0.25, 0.3) is 15.9 Å². The number of imidazole rings is 1. The highest BCUT2D eigenvalue weighted by molar-refractivity contribution is 7.92. The zero-order valence-corrected chi connectivity index (χ0v) is 29.3. The molecule has 3 aromatic rings. The van der Waals surface area contributed by atoms with E-state index >= 15 is 0 Å². The normalized spacial score (nSPS) is 20.7.